The minimum absolute atomic E-state index is 0.00908. The minimum Gasteiger partial charge on any atom is -0.409 e. The van der Waals surface area contributed by atoms with Crippen molar-refractivity contribution in [3.05, 3.63) is 29.6 Å². The molecule has 0 radical (unpaired) electrons. The van der Waals surface area contributed by atoms with Gasteiger partial charge in [0.15, 0.2) is 0 Å². The van der Waals surface area contributed by atoms with E-state index < -0.39 is 0 Å². The molecular formula is C11H18N4O. The van der Waals surface area contributed by atoms with Crippen LogP contribution in [0.2, 0.25) is 0 Å². The molecule has 1 atom stereocenters. The maximum Gasteiger partial charge on any atom is 0.143 e. The van der Waals surface area contributed by atoms with Crippen LogP contribution >= 0.6 is 0 Å². The Hall–Kier alpha value is -1.62. The van der Waals surface area contributed by atoms with Gasteiger partial charge in [0, 0.05) is 24.7 Å². The van der Waals surface area contributed by atoms with E-state index in [0.29, 0.717) is 13.1 Å². The zero-order chi connectivity index (χ0) is 12.0. The fraction of sp³-hybridized carbons (Fsp3) is 0.455. The smallest absolute Gasteiger partial charge is 0.143 e. The molecule has 0 aliphatic rings. The minimum atomic E-state index is 0.00908. The second kappa shape index (κ2) is 6.07. The van der Waals surface area contributed by atoms with Gasteiger partial charge in [-0.15, -0.1) is 0 Å². The zero-order valence-corrected chi connectivity index (χ0v) is 9.64. The van der Waals surface area contributed by atoms with Gasteiger partial charge in [-0.05, 0) is 19.1 Å². The number of nitrogens with two attached hydrogens (primary N) is 1. The quantitative estimate of drug-likeness (QED) is 0.298. The van der Waals surface area contributed by atoms with Gasteiger partial charge in [-0.1, -0.05) is 18.1 Å². The van der Waals surface area contributed by atoms with Gasteiger partial charge in [0.05, 0.1) is 5.69 Å². The molecule has 0 fully saturated rings. The van der Waals surface area contributed by atoms with Gasteiger partial charge in [0.25, 0.3) is 0 Å². The van der Waals surface area contributed by atoms with Crippen LogP contribution < -0.4 is 11.1 Å². The average Bonchev–Trinajstić information content (AvgIpc) is 2.28. The molecule has 88 valence electrons. The van der Waals surface area contributed by atoms with Crippen LogP contribution in [0.5, 0.6) is 0 Å². The summed E-state index contributed by atoms with van der Waals surface area (Å²) in [6.07, 6.45) is 0. The Kier molecular flexibility index (Phi) is 4.72. The number of oxime groups is 1. The highest BCUT2D eigenvalue weighted by Gasteiger charge is 2.06. The van der Waals surface area contributed by atoms with Crippen LogP contribution in [0.4, 0.5) is 0 Å². The van der Waals surface area contributed by atoms with Gasteiger partial charge in [-0.3, -0.25) is 4.98 Å². The summed E-state index contributed by atoms with van der Waals surface area (Å²) in [7, 11) is 0. The number of aromatic nitrogens is 1. The van der Waals surface area contributed by atoms with E-state index in [2.05, 4.69) is 15.5 Å². The van der Waals surface area contributed by atoms with Crippen LogP contribution in [0.25, 0.3) is 0 Å². The van der Waals surface area contributed by atoms with Crippen molar-refractivity contribution in [2.75, 3.05) is 6.54 Å². The van der Waals surface area contributed by atoms with Crippen molar-refractivity contribution in [2.24, 2.45) is 16.8 Å². The third kappa shape index (κ3) is 3.86. The largest absolute Gasteiger partial charge is 0.409 e. The van der Waals surface area contributed by atoms with E-state index in [1.54, 1.807) is 0 Å². The fourth-order valence-electron chi connectivity index (χ4n) is 1.32. The first-order valence-corrected chi connectivity index (χ1v) is 5.24. The number of nitrogens with one attached hydrogen (secondary N) is 1. The highest BCUT2D eigenvalue weighted by atomic mass is 16.4. The lowest BCUT2D eigenvalue weighted by molar-refractivity contribution is 0.314. The summed E-state index contributed by atoms with van der Waals surface area (Å²) in [5, 5.41) is 14.7. The first-order chi connectivity index (χ1) is 7.63. The maximum atomic E-state index is 8.48. The lowest BCUT2D eigenvalue weighted by Crippen LogP contribution is -2.31. The molecule has 0 aromatic carbocycles. The van der Waals surface area contributed by atoms with E-state index in [-0.39, 0.29) is 11.8 Å². The van der Waals surface area contributed by atoms with Crippen molar-refractivity contribution in [2.45, 2.75) is 20.4 Å². The highest BCUT2D eigenvalue weighted by Crippen LogP contribution is 1.98. The van der Waals surface area contributed by atoms with E-state index in [9.17, 15) is 0 Å². The molecule has 0 spiro atoms. The molecule has 0 bridgehead atoms. The van der Waals surface area contributed by atoms with Crippen molar-refractivity contribution >= 4 is 5.84 Å². The number of rotatable bonds is 5. The Morgan fingerprint density at radius 2 is 2.38 bits per heavy atom. The van der Waals surface area contributed by atoms with Gasteiger partial charge in [0.1, 0.15) is 5.84 Å². The van der Waals surface area contributed by atoms with Crippen molar-refractivity contribution < 1.29 is 5.21 Å². The molecule has 1 unspecified atom stereocenters. The van der Waals surface area contributed by atoms with Crippen LogP contribution in [-0.4, -0.2) is 22.6 Å². The summed E-state index contributed by atoms with van der Waals surface area (Å²) in [5.41, 5.74) is 7.46. The molecule has 1 rings (SSSR count). The van der Waals surface area contributed by atoms with Gasteiger partial charge >= 0.3 is 0 Å². The molecule has 1 aromatic rings. The Morgan fingerprint density at radius 3 is 3.00 bits per heavy atom. The molecule has 0 saturated carbocycles. The molecule has 16 heavy (non-hydrogen) atoms. The summed E-state index contributed by atoms with van der Waals surface area (Å²) >= 11 is 0. The van der Waals surface area contributed by atoms with Gasteiger partial charge in [-0.25, -0.2) is 0 Å². The first-order valence-electron chi connectivity index (χ1n) is 5.24. The molecule has 0 amide bonds. The van der Waals surface area contributed by atoms with Crippen LogP contribution in [0.1, 0.15) is 18.3 Å². The first kappa shape index (κ1) is 12.4. The number of pyridine rings is 1. The lowest BCUT2D eigenvalue weighted by atomic mass is 10.1. The second-order valence-corrected chi connectivity index (χ2v) is 3.83. The lowest BCUT2D eigenvalue weighted by Gasteiger charge is -2.10. The van der Waals surface area contributed by atoms with Crippen LogP contribution in [-0.2, 0) is 6.54 Å². The normalized spacial score (nSPS) is 13.8. The number of nitrogens with zero attached hydrogens (tertiary/aromatic N) is 2. The molecule has 0 aliphatic heterocycles. The average molecular weight is 222 g/mol. The molecule has 0 saturated heterocycles. The van der Waals surface area contributed by atoms with Crippen molar-refractivity contribution in [1.29, 1.82) is 0 Å². The molecule has 1 aromatic heterocycles. The van der Waals surface area contributed by atoms with Crippen molar-refractivity contribution in [3.63, 3.8) is 0 Å². The Bertz CT molecular complexity index is 365. The fourth-order valence-corrected chi connectivity index (χ4v) is 1.32. The van der Waals surface area contributed by atoms with E-state index >= 15 is 0 Å². The van der Waals surface area contributed by atoms with Gasteiger partial charge in [0.2, 0.25) is 0 Å². The molecule has 5 heteroatoms. The van der Waals surface area contributed by atoms with Gasteiger partial charge in [-0.2, -0.15) is 0 Å². The molecule has 4 N–H and O–H groups in total. The van der Waals surface area contributed by atoms with Crippen LogP contribution in [0, 0.1) is 12.8 Å². The number of hydrogen-bond donors (Lipinski definition) is 3. The van der Waals surface area contributed by atoms with Crippen molar-refractivity contribution in [1.82, 2.24) is 10.3 Å². The van der Waals surface area contributed by atoms with Crippen LogP contribution in [0.15, 0.2) is 23.4 Å². The Morgan fingerprint density at radius 1 is 1.62 bits per heavy atom. The molecule has 5 nitrogen and oxygen atoms in total. The Balaban J connectivity index is 2.36. The molecule has 1 heterocycles. The number of aryl methyl sites for hydroxylation is 1. The summed E-state index contributed by atoms with van der Waals surface area (Å²) in [5.74, 6) is 0.250. The molecule has 0 aliphatic carbocycles. The monoisotopic (exact) mass is 222 g/mol. The predicted molar refractivity (Wildman–Crippen MR) is 63.3 cm³/mol. The highest BCUT2D eigenvalue weighted by molar-refractivity contribution is 5.82. The van der Waals surface area contributed by atoms with Crippen molar-refractivity contribution in [3.8, 4) is 0 Å². The maximum absolute atomic E-state index is 8.48. The summed E-state index contributed by atoms with van der Waals surface area (Å²) in [4.78, 5) is 4.36. The summed E-state index contributed by atoms with van der Waals surface area (Å²) in [6.45, 7) is 5.20. The zero-order valence-electron chi connectivity index (χ0n) is 9.64. The van der Waals surface area contributed by atoms with Crippen LogP contribution in [0.3, 0.4) is 0 Å². The van der Waals surface area contributed by atoms with E-state index in [1.165, 1.54) is 0 Å². The number of amidine groups is 1. The Labute approximate surface area is 95.4 Å². The topological polar surface area (TPSA) is 83.5 Å². The predicted octanol–water partition coefficient (Wildman–Crippen LogP) is 0.862. The standard InChI is InChI=1S/C11H18N4O/c1-8(11(12)15-16)6-13-7-10-5-3-4-9(2)14-10/h3-5,8,13,16H,6-7H2,1-2H3,(H2,12,15). The molecular weight excluding hydrogens is 204 g/mol. The second-order valence-electron chi connectivity index (χ2n) is 3.83. The van der Waals surface area contributed by atoms with E-state index in [1.807, 2.05) is 32.0 Å². The summed E-state index contributed by atoms with van der Waals surface area (Å²) in [6, 6.07) is 5.91. The SMILES string of the molecule is Cc1cccc(CNCC(C)C(N)=NO)n1. The van der Waals surface area contributed by atoms with Gasteiger partial charge < -0.3 is 16.3 Å². The van der Waals surface area contributed by atoms with E-state index in [4.69, 9.17) is 10.9 Å². The van der Waals surface area contributed by atoms with E-state index in [0.717, 1.165) is 11.4 Å². The summed E-state index contributed by atoms with van der Waals surface area (Å²) < 4.78 is 0. The third-order valence-electron chi connectivity index (χ3n) is 2.32. The number of hydrogen-bond acceptors (Lipinski definition) is 4. The third-order valence-corrected chi connectivity index (χ3v) is 2.32.